The molecule has 8 heteroatoms. The number of aliphatic hydroxyl groups excluding tert-OH is 1. The van der Waals surface area contributed by atoms with Crippen LogP contribution in [0, 0.1) is 68.0 Å². The Kier molecular flexibility index (Phi) is 10.4. The lowest BCUT2D eigenvalue weighted by Gasteiger charge is -2.72. The number of aliphatic hydroxyl groups is 1. The van der Waals surface area contributed by atoms with Crippen LogP contribution in [0.2, 0.25) is 0 Å². The van der Waals surface area contributed by atoms with Crippen LogP contribution in [0.3, 0.4) is 0 Å². The molecule has 1 aromatic rings. The second-order valence-corrected chi connectivity index (χ2v) is 22.9. The minimum Gasteiger partial charge on any atom is -0.461 e. The van der Waals surface area contributed by atoms with Gasteiger partial charge in [0, 0.05) is 24.3 Å². The number of carbonyl (C=O) groups is 3. The number of nitrogens with one attached hydrogen (secondary N) is 1. The van der Waals surface area contributed by atoms with Gasteiger partial charge in [-0.3, -0.25) is 14.4 Å². The lowest BCUT2D eigenvalue weighted by Crippen LogP contribution is -2.66. The van der Waals surface area contributed by atoms with E-state index < -0.39 is 17.2 Å². The number of nitrogens with two attached hydrogens (primary N) is 1. The quantitative estimate of drug-likeness (QED) is 0.159. The van der Waals surface area contributed by atoms with Crippen LogP contribution in [0.25, 0.3) is 0 Å². The van der Waals surface area contributed by atoms with E-state index in [-0.39, 0.29) is 69.4 Å². The van der Waals surface area contributed by atoms with Gasteiger partial charge in [-0.15, -0.1) is 0 Å². The molecule has 0 aliphatic heterocycles. The topological polar surface area (TPSA) is 128 Å². The van der Waals surface area contributed by atoms with Gasteiger partial charge in [0.1, 0.15) is 6.61 Å². The average molecular weight is 799 g/mol. The lowest BCUT2D eigenvalue weighted by atomic mass is 9.33. The zero-order valence-electron chi connectivity index (χ0n) is 37.2. The molecule has 0 saturated heterocycles. The number of hydrogen-bond donors (Lipinski definition) is 3. The first-order chi connectivity index (χ1) is 27.1. The van der Waals surface area contributed by atoms with E-state index in [1.165, 1.54) is 5.57 Å². The largest absolute Gasteiger partial charge is 0.461 e. The van der Waals surface area contributed by atoms with Gasteiger partial charge in [-0.1, -0.05) is 98.2 Å². The first-order valence-electron chi connectivity index (χ1n) is 23.0. The Bertz CT molecular complexity index is 1830. The number of Topliss-reactive ketones (excluding diaryl/α,β-unsaturated/α-hetero) is 1. The standard InChI is InChI=1S/C50H74N2O6/c1-30(2)39-35(53)27-49(29-52-43(56)50(51)20-13-21-50)25-24-47(8)32(40(39)49)16-17-37-46(7)22-19-38(45(5,6)36(46)18-23-48(37,47)9)58-42(55)34-26-33(44(34,3)4)41(54)57-28-31-14-11-10-12-15-31/h10-12,14-15,30,32-34,36-38,42,55H,13,16-29,51H2,1-9H3,(H,52,56)/t32-,33?,34-,36+,37-,38+,42?,46?,47-,48-,49?/m1/s1. The summed E-state index contributed by atoms with van der Waals surface area (Å²) in [5.41, 5.74) is 8.55. The second-order valence-electron chi connectivity index (χ2n) is 22.9. The number of ketones is 1. The third-order valence-corrected chi connectivity index (χ3v) is 19.3. The van der Waals surface area contributed by atoms with Gasteiger partial charge in [0.15, 0.2) is 12.1 Å². The number of benzene rings is 1. The summed E-state index contributed by atoms with van der Waals surface area (Å²) in [4.78, 5) is 40.6. The molecule has 58 heavy (non-hydrogen) atoms. The van der Waals surface area contributed by atoms with Gasteiger partial charge in [-0.05, 0) is 139 Å². The molecular weight excluding hydrogens is 725 g/mol. The van der Waals surface area contributed by atoms with Crippen LogP contribution < -0.4 is 11.1 Å². The number of amides is 1. The van der Waals surface area contributed by atoms with Gasteiger partial charge in [-0.25, -0.2) is 0 Å². The third-order valence-electron chi connectivity index (χ3n) is 19.3. The molecule has 0 bridgehead atoms. The fourth-order valence-corrected chi connectivity index (χ4v) is 15.3. The highest BCUT2D eigenvalue weighted by Gasteiger charge is 2.70. The predicted molar refractivity (Wildman–Crippen MR) is 226 cm³/mol. The Morgan fingerprint density at radius 2 is 1.57 bits per heavy atom. The second kappa shape index (κ2) is 14.3. The number of esters is 1. The van der Waals surface area contributed by atoms with E-state index in [9.17, 15) is 19.5 Å². The lowest BCUT2D eigenvalue weighted by molar-refractivity contribution is -0.281. The van der Waals surface area contributed by atoms with E-state index >= 15 is 0 Å². The molecule has 0 spiro atoms. The highest BCUT2D eigenvalue weighted by molar-refractivity contribution is 6.01. The number of allylic oxidation sites excluding steroid dienone is 1. The van der Waals surface area contributed by atoms with Gasteiger partial charge in [0.2, 0.25) is 5.91 Å². The first kappa shape index (κ1) is 42.2. The fraction of sp³-hybridized carbons (Fsp3) is 0.780. The van der Waals surface area contributed by atoms with Crippen LogP contribution in [0.4, 0.5) is 0 Å². The summed E-state index contributed by atoms with van der Waals surface area (Å²) in [7, 11) is 0. The molecule has 4 N–H and O–H groups in total. The van der Waals surface area contributed by atoms with Crippen molar-refractivity contribution in [2.45, 2.75) is 170 Å². The van der Waals surface area contributed by atoms with Gasteiger partial charge >= 0.3 is 5.97 Å². The number of ether oxygens (including phenoxy) is 2. The molecule has 7 aliphatic rings. The number of carbonyl (C=O) groups excluding carboxylic acids is 3. The smallest absolute Gasteiger partial charge is 0.309 e. The van der Waals surface area contributed by atoms with Crippen molar-refractivity contribution in [1.29, 1.82) is 0 Å². The minimum absolute atomic E-state index is 0.0392. The van der Waals surface area contributed by atoms with Crippen molar-refractivity contribution in [3.63, 3.8) is 0 Å². The van der Waals surface area contributed by atoms with Crippen molar-refractivity contribution in [3.05, 3.63) is 47.0 Å². The van der Waals surface area contributed by atoms with Gasteiger partial charge in [0.05, 0.1) is 17.6 Å². The number of rotatable bonds is 10. The number of fused-ring (bicyclic) bond motifs is 7. The monoisotopic (exact) mass is 799 g/mol. The SMILES string of the molecule is CC(C)C1=C2[C@H]3CC[C@@H]4C5(C)CC[C@H](OC(O)[C@H]6CC(C(=O)OCc7ccccc7)C6(C)C)C(C)(C)[C@@H]5CC[C@@]4(C)[C@]3(C)CCC2(CNC(=O)C2(N)CCC2)CC1=O. The molecule has 1 aromatic carbocycles. The molecule has 6 saturated carbocycles. The summed E-state index contributed by atoms with van der Waals surface area (Å²) in [6.07, 6.45) is 11.0. The van der Waals surface area contributed by atoms with Gasteiger partial charge in [-0.2, -0.15) is 0 Å². The zero-order valence-corrected chi connectivity index (χ0v) is 37.2. The van der Waals surface area contributed by atoms with Crippen molar-refractivity contribution in [1.82, 2.24) is 5.32 Å². The molecule has 0 radical (unpaired) electrons. The van der Waals surface area contributed by atoms with E-state index in [0.29, 0.717) is 42.9 Å². The summed E-state index contributed by atoms with van der Waals surface area (Å²) in [6.45, 7) is 21.9. The highest BCUT2D eigenvalue weighted by atomic mass is 16.6. The predicted octanol–water partition coefficient (Wildman–Crippen LogP) is 9.07. The zero-order chi connectivity index (χ0) is 41.8. The van der Waals surface area contributed by atoms with Gasteiger partial charge < -0.3 is 25.6 Å². The summed E-state index contributed by atoms with van der Waals surface area (Å²) < 4.78 is 12.5. The molecule has 0 heterocycles. The van der Waals surface area contributed by atoms with Crippen molar-refractivity contribution in [3.8, 4) is 0 Å². The first-order valence-corrected chi connectivity index (χ1v) is 23.0. The van der Waals surface area contributed by atoms with Crippen molar-refractivity contribution in [2.75, 3.05) is 6.54 Å². The van der Waals surface area contributed by atoms with Crippen LogP contribution >= 0.6 is 0 Å². The Hall–Kier alpha value is -2.55. The molecule has 320 valence electrons. The van der Waals surface area contributed by atoms with E-state index in [2.05, 4.69) is 67.6 Å². The van der Waals surface area contributed by atoms with E-state index in [1.807, 2.05) is 30.3 Å². The summed E-state index contributed by atoms with van der Waals surface area (Å²) in [5.74, 6) is 1.14. The third kappa shape index (κ3) is 6.16. The van der Waals surface area contributed by atoms with Crippen LogP contribution in [0.15, 0.2) is 41.5 Å². The maximum atomic E-state index is 14.0. The molecule has 6 fully saturated rings. The molecule has 1 amide bonds. The van der Waals surface area contributed by atoms with Crippen LogP contribution in [-0.4, -0.2) is 47.2 Å². The molecule has 8 rings (SSSR count). The Morgan fingerprint density at radius 1 is 0.862 bits per heavy atom. The molecule has 11 atom stereocenters. The normalized spacial score (nSPS) is 41.2. The van der Waals surface area contributed by atoms with Gasteiger partial charge in [0.25, 0.3) is 0 Å². The Balaban J connectivity index is 0.973. The van der Waals surface area contributed by atoms with Crippen LogP contribution in [0.1, 0.15) is 151 Å². The Morgan fingerprint density at radius 3 is 2.21 bits per heavy atom. The summed E-state index contributed by atoms with van der Waals surface area (Å²) in [6, 6.07) is 9.78. The highest BCUT2D eigenvalue weighted by Crippen LogP contribution is 2.77. The molecule has 4 unspecified atom stereocenters. The van der Waals surface area contributed by atoms with E-state index in [0.717, 1.165) is 81.8 Å². The summed E-state index contributed by atoms with van der Waals surface area (Å²) in [5, 5.41) is 15.0. The molecule has 0 aromatic heterocycles. The maximum absolute atomic E-state index is 14.0. The fourth-order valence-electron chi connectivity index (χ4n) is 15.3. The maximum Gasteiger partial charge on any atom is 0.309 e. The summed E-state index contributed by atoms with van der Waals surface area (Å²) >= 11 is 0. The minimum atomic E-state index is -0.932. The van der Waals surface area contributed by atoms with Crippen molar-refractivity contribution >= 4 is 17.7 Å². The van der Waals surface area contributed by atoms with Crippen molar-refractivity contribution in [2.24, 2.45) is 73.7 Å². The Labute approximate surface area is 348 Å². The van der Waals surface area contributed by atoms with Crippen LogP contribution in [-0.2, 0) is 30.5 Å². The van der Waals surface area contributed by atoms with E-state index in [4.69, 9.17) is 15.2 Å². The van der Waals surface area contributed by atoms with E-state index in [1.54, 1.807) is 0 Å². The van der Waals surface area contributed by atoms with Crippen molar-refractivity contribution < 1.29 is 29.0 Å². The molecule has 7 aliphatic carbocycles. The average Bonchev–Trinajstić information content (AvgIpc) is 3.45. The van der Waals surface area contributed by atoms with Crippen LogP contribution in [0.5, 0.6) is 0 Å². The molecular formula is C50H74N2O6. The molecule has 8 nitrogen and oxygen atoms in total. The number of hydrogen-bond acceptors (Lipinski definition) is 7.